The minimum atomic E-state index is -3.63. The van der Waals surface area contributed by atoms with E-state index in [1.54, 1.807) is 4.90 Å². The van der Waals surface area contributed by atoms with Gasteiger partial charge in [-0.1, -0.05) is 147 Å². The highest BCUT2D eigenvalue weighted by molar-refractivity contribution is 7.89. The Hall–Kier alpha value is -5.19. The minimum Gasteiger partial charge on any atom is -0.381 e. The van der Waals surface area contributed by atoms with E-state index in [2.05, 4.69) is 70.2 Å². The molecule has 0 bridgehead atoms. The van der Waals surface area contributed by atoms with Gasteiger partial charge < -0.3 is 57.4 Å². The highest BCUT2D eigenvalue weighted by Crippen LogP contribution is 2.66. The van der Waals surface area contributed by atoms with Gasteiger partial charge in [0, 0.05) is 53.4 Å². The van der Waals surface area contributed by atoms with Gasteiger partial charge in [-0.05, 0) is 110 Å². The van der Waals surface area contributed by atoms with Crippen LogP contribution in [0.4, 0.5) is 9.59 Å². The normalized spacial score (nSPS) is 26.2. The van der Waals surface area contributed by atoms with Crippen molar-refractivity contribution in [2.75, 3.05) is 52.8 Å². The van der Waals surface area contributed by atoms with Gasteiger partial charge in [0.25, 0.3) is 11.8 Å². The fourth-order valence-electron chi connectivity index (χ4n) is 15.4. The number of aliphatic hydroxyl groups excluding tert-OH is 1. The molecule has 6 aliphatic carbocycles. The minimum absolute atomic E-state index is 0.00403. The molecule has 8 aliphatic rings. The molecule has 2 heterocycles. The van der Waals surface area contributed by atoms with Crippen molar-refractivity contribution in [3.8, 4) is 0 Å². The fourth-order valence-corrected chi connectivity index (χ4v) is 18.0. The molecule has 8 rings (SSSR count). The maximum absolute atomic E-state index is 14.4. The summed E-state index contributed by atoms with van der Waals surface area (Å²) in [5.41, 5.74) is -3.80. The number of likely N-dealkylation sites (tertiary alicyclic amines) is 2. The number of unbranched alkanes of at least 4 members (excludes halogenated alkanes) is 2. The van der Waals surface area contributed by atoms with Gasteiger partial charge in [-0.2, -0.15) is 0 Å². The number of nitrogens with zero attached hydrogens (tertiary/aromatic N) is 4. The molecule has 0 aromatic carbocycles. The van der Waals surface area contributed by atoms with Gasteiger partial charge in [-0.25, -0.2) is 35.0 Å². The molecule has 28 heteroatoms. The van der Waals surface area contributed by atoms with Crippen molar-refractivity contribution in [2.24, 2.45) is 45.3 Å². The van der Waals surface area contributed by atoms with E-state index in [0.29, 0.717) is 64.5 Å². The van der Waals surface area contributed by atoms with Gasteiger partial charge in [0.15, 0.2) is 6.10 Å². The number of hydrogen-bond acceptors (Lipinski definition) is 14. The van der Waals surface area contributed by atoms with Gasteiger partial charge >= 0.3 is 12.1 Å². The number of carbonyl (C=O) groups is 9. The molecule has 0 aromatic rings. The molecule has 96 heavy (non-hydrogen) atoms. The number of rotatable bonds is 28. The molecule has 2 aliphatic heterocycles. The summed E-state index contributed by atoms with van der Waals surface area (Å²) in [6.07, 6.45) is 12.7. The second kappa shape index (κ2) is 30.3. The SMILES string of the molecule is CCCC[C@H](NC(=O)[C@@H]1[C@@H]2[C@H](CN1C(=O)[C@@H](NC(=O)NC1(CS(=O)(=O)N(C)C)CCCCC1)C(C)(C)C)C2(C)C)C(=O)C(=O)NC1CC1.CCCC[C@H](NC(=O)[C@@H]1[C@@H]2[C@H](CN1C(=O)[C@@H](NC(=O)NC1(CS(=O)(=O)N(C)C)CCCCC1)C(C)(C)C)C2(C)C)C(O)C(=O)NC1CC1. The molecular formula is C68H118N12O14S2. The Morgan fingerprint density at radius 2 is 0.917 bits per heavy atom. The summed E-state index contributed by atoms with van der Waals surface area (Å²) < 4.78 is 54.0. The van der Waals surface area contributed by atoms with Crippen molar-refractivity contribution >= 4 is 73.3 Å². The number of fused-ring (bicyclic) bond motifs is 2. The molecule has 11 atom stereocenters. The first-order chi connectivity index (χ1) is 44.5. The van der Waals surface area contributed by atoms with E-state index in [-0.39, 0.29) is 58.1 Å². The Kier molecular flexibility index (Phi) is 24.7. The quantitative estimate of drug-likeness (QED) is 0.0491. The predicted molar refractivity (Wildman–Crippen MR) is 365 cm³/mol. The number of Topliss-reactive ketones (excluding diaryl/α,β-unsaturated/α-hetero) is 1. The summed E-state index contributed by atoms with van der Waals surface area (Å²) in [7, 11) is -1.35. The van der Waals surface area contributed by atoms with E-state index in [1.807, 2.05) is 55.4 Å². The Morgan fingerprint density at radius 3 is 1.28 bits per heavy atom. The average Bonchev–Trinajstić information content (AvgIpc) is 1.53. The zero-order chi connectivity index (χ0) is 71.6. The highest BCUT2D eigenvalue weighted by atomic mass is 32.2. The number of carbonyl (C=O) groups excluding carboxylic acids is 9. The van der Waals surface area contributed by atoms with Gasteiger partial charge in [-0.3, -0.25) is 33.6 Å². The number of ketones is 1. The molecule has 10 amide bonds. The Labute approximate surface area is 571 Å². The first kappa shape index (κ1) is 78.2. The van der Waals surface area contributed by atoms with E-state index in [0.717, 1.165) is 81.4 Å². The van der Waals surface area contributed by atoms with Gasteiger partial charge in [0.2, 0.25) is 49.5 Å². The predicted octanol–water partition coefficient (Wildman–Crippen LogP) is 4.39. The molecule has 1 unspecified atom stereocenters. The standard InChI is InChI=1S/C34H60N6O7S.C34H58N6O7S/c2*1-9-10-14-23(26(41)29(43)35-21-15-16-21)36-28(42)25-24-22(33(24,5)6)19-40(25)30(44)27(32(2,3)4)37-31(45)38-34(17-12-11-13-18-34)20-48(46,47)39(7)8/h21-27,41H,9-20H2,1-8H3,(H,35,43)(H,36,42)(H2,37,38,45);21-25,27H,9-20H2,1-8H3,(H,35,43)(H,36,42)(H2,37,38,45)/t22-,23-,24-,25-,26?,27+;22-,23-,24-,25-,27+/m00/s1. The van der Waals surface area contributed by atoms with E-state index < -0.39 is 138 Å². The first-order valence-electron chi connectivity index (χ1n) is 35.5. The number of urea groups is 2. The molecule has 2 saturated heterocycles. The van der Waals surface area contributed by atoms with Crippen molar-refractivity contribution in [3.63, 3.8) is 0 Å². The molecule has 8 fully saturated rings. The summed E-state index contributed by atoms with van der Waals surface area (Å²) in [5.74, 6) is -4.12. The summed E-state index contributed by atoms with van der Waals surface area (Å²) in [5, 5.41) is 34.0. The number of nitrogens with one attached hydrogen (secondary N) is 8. The monoisotopic (exact) mass is 1390 g/mol. The molecule has 26 nitrogen and oxygen atoms in total. The van der Waals surface area contributed by atoms with Crippen LogP contribution in [0.25, 0.3) is 0 Å². The lowest BCUT2D eigenvalue weighted by Crippen LogP contribution is -2.64. The van der Waals surface area contributed by atoms with Crippen LogP contribution in [0.1, 0.15) is 212 Å². The molecule has 0 aromatic heterocycles. The van der Waals surface area contributed by atoms with Crippen molar-refractivity contribution < 1.29 is 65.1 Å². The van der Waals surface area contributed by atoms with Crippen LogP contribution in [0.5, 0.6) is 0 Å². The summed E-state index contributed by atoms with van der Waals surface area (Å²) in [6, 6.07) is -6.71. The van der Waals surface area contributed by atoms with E-state index in [9.17, 15) is 65.1 Å². The average molecular weight is 1390 g/mol. The third-order valence-electron chi connectivity index (χ3n) is 22.1. The van der Waals surface area contributed by atoms with E-state index in [4.69, 9.17) is 0 Å². The number of piperidine rings is 2. The van der Waals surface area contributed by atoms with E-state index >= 15 is 0 Å². The van der Waals surface area contributed by atoms with Crippen molar-refractivity contribution in [1.82, 2.24) is 60.9 Å². The lowest BCUT2D eigenvalue weighted by molar-refractivity contribution is -0.145. The number of amides is 10. The lowest BCUT2D eigenvalue weighted by Gasteiger charge is -2.41. The highest BCUT2D eigenvalue weighted by Gasteiger charge is 2.71. The van der Waals surface area contributed by atoms with Crippen LogP contribution in [0, 0.1) is 45.3 Å². The molecule has 0 radical (unpaired) electrons. The van der Waals surface area contributed by atoms with Crippen LogP contribution in [-0.2, 0) is 53.6 Å². The molecular weight excluding hydrogens is 1270 g/mol. The summed E-state index contributed by atoms with van der Waals surface area (Å²) >= 11 is 0. The molecule has 0 spiro atoms. The second-order valence-corrected chi connectivity index (χ2v) is 37.5. The Morgan fingerprint density at radius 1 is 0.542 bits per heavy atom. The molecule has 546 valence electrons. The third-order valence-corrected chi connectivity index (χ3v) is 26.2. The number of aliphatic hydroxyl groups is 1. The zero-order valence-corrected chi connectivity index (χ0v) is 62.0. The van der Waals surface area contributed by atoms with Crippen molar-refractivity contribution in [3.05, 3.63) is 0 Å². The Balaban J connectivity index is 0.000000271. The zero-order valence-electron chi connectivity index (χ0n) is 60.3. The fraction of sp³-hybridized carbons (Fsp3) is 0.868. The van der Waals surface area contributed by atoms with E-state index in [1.165, 1.54) is 37.4 Å². The van der Waals surface area contributed by atoms with Crippen molar-refractivity contribution in [1.29, 1.82) is 0 Å². The van der Waals surface area contributed by atoms with Gasteiger partial charge in [0.05, 0.1) is 34.7 Å². The second-order valence-electron chi connectivity index (χ2n) is 33.1. The maximum atomic E-state index is 14.4. The smallest absolute Gasteiger partial charge is 0.315 e. The van der Waals surface area contributed by atoms with Gasteiger partial charge in [-0.15, -0.1) is 0 Å². The topological polar surface area (TPSA) is 351 Å². The maximum Gasteiger partial charge on any atom is 0.315 e. The van der Waals surface area contributed by atoms with Crippen LogP contribution in [0.2, 0.25) is 0 Å². The van der Waals surface area contributed by atoms with Crippen LogP contribution in [0.3, 0.4) is 0 Å². The van der Waals surface area contributed by atoms with Gasteiger partial charge in [0.1, 0.15) is 24.2 Å². The Bertz CT molecular complexity index is 3090. The summed E-state index contributed by atoms with van der Waals surface area (Å²) in [4.78, 5) is 126. The van der Waals surface area contributed by atoms with Crippen molar-refractivity contribution in [2.45, 2.75) is 277 Å². The lowest BCUT2D eigenvalue weighted by atomic mass is 9.83. The first-order valence-corrected chi connectivity index (χ1v) is 38.7. The molecule has 9 N–H and O–H groups in total. The van der Waals surface area contributed by atoms with Crippen LogP contribution in [-0.4, -0.2) is 212 Å². The summed E-state index contributed by atoms with van der Waals surface area (Å²) in [6.45, 7) is 23.9. The molecule has 6 saturated carbocycles. The largest absolute Gasteiger partial charge is 0.381 e. The number of hydrogen-bond donors (Lipinski definition) is 9. The van der Waals surface area contributed by atoms with Crippen LogP contribution < -0.4 is 42.5 Å². The third kappa shape index (κ3) is 18.8. The van der Waals surface area contributed by atoms with Crippen LogP contribution >= 0.6 is 0 Å². The number of sulfonamides is 2. The van der Waals surface area contributed by atoms with Crippen LogP contribution in [0.15, 0.2) is 0 Å².